The van der Waals surface area contributed by atoms with E-state index in [1.807, 2.05) is 13.8 Å². The molecule has 1 atom stereocenters. The highest BCUT2D eigenvalue weighted by Gasteiger charge is 2.33. The van der Waals surface area contributed by atoms with Crippen molar-refractivity contribution < 1.29 is 9.63 Å². The van der Waals surface area contributed by atoms with Gasteiger partial charge in [-0.05, 0) is 13.8 Å². The van der Waals surface area contributed by atoms with Gasteiger partial charge in [0.2, 0.25) is 0 Å². The number of rotatable bonds is 3. The van der Waals surface area contributed by atoms with Gasteiger partial charge in [0.15, 0.2) is 0 Å². The first-order chi connectivity index (χ1) is 7.59. The zero-order chi connectivity index (χ0) is 12.0. The smallest absolute Gasteiger partial charge is 0.323 e. The monoisotopic (exact) mass is 261 g/mol. The molecule has 5 nitrogen and oxygen atoms in total. The van der Waals surface area contributed by atoms with E-state index in [2.05, 4.69) is 20.3 Å². The molecule has 0 aromatic heterocycles. The average molecular weight is 261 g/mol. The molecule has 1 N–H and O–H groups in total. The number of aliphatic imine (C=N–C) groups is 1. The number of carbonyl (C=O) groups is 1. The molecule has 0 aromatic rings. The fourth-order valence-corrected chi connectivity index (χ4v) is 3.75. The standard InChI is InChI=1S/C9H15N3O2S2/c1-4-11-8-15-6-9(2,16-8)5-12-14-7(13)10-3/h5H,4,6H2,1-3H3,(H,10,13). The van der Waals surface area contributed by atoms with E-state index in [0.29, 0.717) is 0 Å². The molecule has 1 unspecified atom stereocenters. The van der Waals surface area contributed by atoms with E-state index in [4.69, 9.17) is 0 Å². The van der Waals surface area contributed by atoms with Crippen molar-refractivity contribution in [1.29, 1.82) is 0 Å². The molecular weight excluding hydrogens is 246 g/mol. The lowest BCUT2D eigenvalue weighted by atomic mass is 10.2. The van der Waals surface area contributed by atoms with Gasteiger partial charge in [0.05, 0.1) is 11.0 Å². The highest BCUT2D eigenvalue weighted by Crippen LogP contribution is 2.40. The quantitative estimate of drug-likeness (QED) is 0.479. The Morgan fingerprint density at radius 3 is 3.12 bits per heavy atom. The lowest BCUT2D eigenvalue weighted by Gasteiger charge is -2.12. The summed E-state index contributed by atoms with van der Waals surface area (Å²) in [5.74, 6) is 0.886. The molecule has 0 radical (unpaired) electrons. The van der Waals surface area contributed by atoms with Crippen LogP contribution in [0, 0.1) is 0 Å². The average Bonchev–Trinajstić information content (AvgIpc) is 2.61. The predicted molar refractivity (Wildman–Crippen MR) is 70.5 cm³/mol. The van der Waals surface area contributed by atoms with Gasteiger partial charge in [0, 0.05) is 19.3 Å². The Kier molecular flexibility index (Phi) is 5.14. The van der Waals surface area contributed by atoms with E-state index in [0.717, 1.165) is 16.7 Å². The highest BCUT2D eigenvalue weighted by atomic mass is 32.2. The van der Waals surface area contributed by atoms with Crippen molar-refractivity contribution in [3.8, 4) is 0 Å². The summed E-state index contributed by atoms with van der Waals surface area (Å²) >= 11 is 3.35. The number of hydrogen-bond acceptors (Lipinski definition) is 6. The molecule has 1 saturated heterocycles. The summed E-state index contributed by atoms with van der Waals surface area (Å²) in [6.07, 6.45) is 1.09. The van der Waals surface area contributed by atoms with Crippen LogP contribution in [0.4, 0.5) is 4.79 Å². The maximum absolute atomic E-state index is 10.8. The number of hydrogen-bond donors (Lipinski definition) is 1. The van der Waals surface area contributed by atoms with Gasteiger partial charge >= 0.3 is 6.09 Å². The van der Waals surface area contributed by atoms with E-state index >= 15 is 0 Å². The predicted octanol–water partition coefficient (Wildman–Crippen LogP) is 1.94. The molecule has 1 aliphatic rings. The molecule has 90 valence electrons. The molecule has 1 heterocycles. The lowest BCUT2D eigenvalue weighted by molar-refractivity contribution is 0.153. The third-order valence-corrected chi connectivity index (χ3v) is 4.68. The van der Waals surface area contributed by atoms with Crippen molar-refractivity contribution in [3.63, 3.8) is 0 Å². The minimum absolute atomic E-state index is 0.146. The fourth-order valence-electron chi connectivity index (χ4n) is 0.965. The van der Waals surface area contributed by atoms with Crippen LogP contribution in [0.2, 0.25) is 0 Å². The van der Waals surface area contributed by atoms with Crippen LogP contribution in [0.15, 0.2) is 10.1 Å². The van der Waals surface area contributed by atoms with Crippen LogP contribution in [0.25, 0.3) is 0 Å². The fraction of sp³-hybridized carbons (Fsp3) is 0.667. The summed E-state index contributed by atoms with van der Waals surface area (Å²) in [6, 6.07) is 0. The summed E-state index contributed by atoms with van der Waals surface area (Å²) in [5, 5.41) is 5.99. The molecule has 0 aromatic carbocycles. The second-order valence-corrected chi connectivity index (χ2v) is 6.05. The summed E-state index contributed by atoms with van der Waals surface area (Å²) in [7, 11) is 1.49. The highest BCUT2D eigenvalue weighted by molar-refractivity contribution is 8.42. The first kappa shape index (κ1) is 13.4. The summed E-state index contributed by atoms with van der Waals surface area (Å²) in [4.78, 5) is 19.7. The Morgan fingerprint density at radius 2 is 2.50 bits per heavy atom. The molecule has 1 aliphatic heterocycles. The molecule has 16 heavy (non-hydrogen) atoms. The van der Waals surface area contributed by atoms with E-state index in [1.165, 1.54) is 7.05 Å². The summed E-state index contributed by atoms with van der Waals surface area (Å²) < 4.78 is 0.920. The molecule has 1 amide bonds. The van der Waals surface area contributed by atoms with Crippen molar-refractivity contribution in [2.24, 2.45) is 10.1 Å². The van der Waals surface area contributed by atoms with Crippen LogP contribution < -0.4 is 5.32 Å². The topological polar surface area (TPSA) is 63.1 Å². The lowest BCUT2D eigenvalue weighted by Crippen LogP contribution is -2.23. The van der Waals surface area contributed by atoms with E-state index in [9.17, 15) is 4.79 Å². The Morgan fingerprint density at radius 1 is 1.75 bits per heavy atom. The van der Waals surface area contributed by atoms with Gasteiger partial charge < -0.3 is 5.32 Å². The Balaban J connectivity index is 2.48. The molecule has 0 aliphatic carbocycles. The van der Waals surface area contributed by atoms with Gasteiger partial charge in [0.1, 0.15) is 4.38 Å². The minimum atomic E-state index is -0.557. The van der Waals surface area contributed by atoms with Crippen LogP contribution in [0.5, 0.6) is 0 Å². The summed E-state index contributed by atoms with van der Waals surface area (Å²) in [6.45, 7) is 4.84. The van der Waals surface area contributed by atoms with Gasteiger partial charge in [-0.2, -0.15) is 0 Å². The first-order valence-corrected chi connectivity index (χ1v) is 6.69. The van der Waals surface area contributed by atoms with Crippen LogP contribution in [-0.4, -0.2) is 40.8 Å². The molecule has 7 heteroatoms. The van der Waals surface area contributed by atoms with E-state index < -0.39 is 6.09 Å². The van der Waals surface area contributed by atoms with Crippen LogP contribution in [0.3, 0.4) is 0 Å². The third kappa shape index (κ3) is 4.05. The van der Waals surface area contributed by atoms with Gasteiger partial charge in [-0.1, -0.05) is 28.7 Å². The van der Waals surface area contributed by atoms with E-state index in [1.54, 1.807) is 29.7 Å². The van der Waals surface area contributed by atoms with E-state index in [-0.39, 0.29) is 4.75 Å². The number of nitrogens with one attached hydrogen (secondary N) is 1. The number of amides is 1. The molecule has 1 fully saturated rings. The Bertz CT molecular complexity index is 320. The maximum atomic E-state index is 10.8. The van der Waals surface area contributed by atoms with Crippen molar-refractivity contribution in [2.45, 2.75) is 18.6 Å². The van der Waals surface area contributed by atoms with Crippen LogP contribution in [0.1, 0.15) is 13.8 Å². The first-order valence-electron chi connectivity index (χ1n) is 4.89. The normalized spacial score (nSPS) is 27.6. The maximum Gasteiger partial charge on any atom is 0.433 e. The number of carbonyl (C=O) groups excluding carboxylic acids is 1. The minimum Gasteiger partial charge on any atom is -0.323 e. The number of thioether (sulfide) groups is 2. The molecule has 0 bridgehead atoms. The number of nitrogens with zero attached hydrogens (tertiary/aromatic N) is 2. The van der Waals surface area contributed by atoms with Crippen LogP contribution >= 0.6 is 23.5 Å². The third-order valence-electron chi connectivity index (χ3n) is 1.76. The van der Waals surface area contributed by atoms with Gasteiger partial charge in [0.25, 0.3) is 0 Å². The summed E-state index contributed by atoms with van der Waals surface area (Å²) in [5.41, 5.74) is 0. The largest absolute Gasteiger partial charge is 0.433 e. The molecule has 0 spiro atoms. The van der Waals surface area contributed by atoms with Gasteiger partial charge in [-0.15, -0.1) is 0 Å². The Hall–Kier alpha value is -0.690. The molecule has 0 saturated carbocycles. The van der Waals surface area contributed by atoms with Crippen molar-refractivity contribution in [1.82, 2.24) is 5.32 Å². The molecular formula is C9H15N3O2S2. The second-order valence-electron chi connectivity index (χ2n) is 3.31. The van der Waals surface area contributed by atoms with Crippen molar-refractivity contribution in [2.75, 3.05) is 19.3 Å². The Labute approximate surface area is 103 Å². The van der Waals surface area contributed by atoms with Crippen molar-refractivity contribution in [3.05, 3.63) is 0 Å². The zero-order valence-electron chi connectivity index (χ0n) is 9.52. The second kappa shape index (κ2) is 6.15. The zero-order valence-corrected chi connectivity index (χ0v) is 11.2. The van der Waals surface area contributed by atoms with Crippen LogP contribution in [-0.2, 0) is 4.84 Å². The SMILES string of the molecule is CCN=C1SCC(C)(C=NOC(=O)NC)S1. The number of oxime groups is 1. The van der Waals surface area contributed by atoms with Gasteiger partial charge in [-0.25, -0.2) is 4.79 Å². The molecule has 1 rings (SSSR count). The van der Waals surface area contributed by atoms with Gasteiger partial charge in [-0.3, -0.25) is 9.83 Å². The van der Waals surface area contributed by atoms with Crippen molar-refractivity contribution >= 4 is 40.2 Å².